The zero-order valence-electron chi connectivity index (χ0n) is 14.6. The Kier molecular flexibility index (Phi) is 8.50. The predicted octanol–water partition coefficient (Wildman–Crippen LogP) is 5.81. The minimum absolute atomic E-state index is 0.0318. The monoisotopic (exact) mass is 387 g/mol. The highest BCUT2D eigenvalue weighted by Gasteiger charge is 2.15. The molecule has 1 atom stereocenters. The standard InChI is InChI=1S/C17H18Cl2FNO2.C2H6/c1-9-5-13(19)17(23)6-10(9)3-2-4-16(22)11-7-15(21)12(18)8-14(11)20;1-2/h5-8,16,22-23H,2-4,21H2,1H3;1-2H3. The number of aliphatic hydroxyl groups is 1. The van der Waals surface area contributed by atoms with Crippen LogP contribution in [-0.4, -0.2) is 10.2 Å². The van der Waals surface area contributed by atoms with Gasteiger partial charge in [0.15, 0.2) is 0 Å². The van der Waals surface area contributed by atoms with Crippen LogP contribution < -0.4 is 5.73 Å². The van der Waals surface area contributed by atoms with Gasteiger partial charge >= 0.3 is 0 Å². The number of hydrogen-bond donors (Lipinski definition) is 3. The fourth-order valence-corrected chi connectivity index (χ4v) is 2.82. The number of aromatic hydroxyl groups is 1. The van der Waals surface area contributed by atoms with E-state index in [9.17, 15) is 14.6 Å². The Bertz CT molecular complexity index is 723. The van der Waals surface area contributed by atoms with Crippen molar-refractivity contribution in [3.05, 3.63) is 56.8 Å². The van der Waals surface area contributed by atoms with Crippen LogP contribution in [0.2, 0.25) is 10.0 Å². The molecule has 4 N–H and O–H groups in total. The normalized spacial score (nSPS) is 11.6. The Morgan fingerprint density at radius 1 is 1.12 bits per heavy atom. The SMILES string of the molecule is CC.Cc1cc(Cl)c(O)cc1CCCC(O)c1cc(N)c(Cl)cc1F. The molecule has 0 aliphatic carbocycles. The number of rotatable bonds is 5. The van der Waals surface area contributed by atoms with Gasteiger partial charge in [-0.25, -0.2) is 4.39 Å². The number of aliphatic hydroxyl groups excluding tert-OH is 1. The lowest BCUT2D eigenvalue weighted by atomic mass is 9.98. The molecule has 25 heavy (non-hydrogen) atoms. The number of anilines is 1. The third-order valence-corrected chi connectivity index (χ3v) is 4.43. The maximum absolute atomic E-state index is 13.8. The summed E-state index contributed by atoms with van der Waals surface area (Å²) in [6, 6.07) is 5.78. The van der Waals surface area contributed by atoms with Crippen LogP contribution in [0.3, 0.4) is 0 Å². The first-order valence-corrected chi connectivity index (χ1v) is 8.95. The number of phenolic OH excluding ortho intramolecular Hbond substituents is 1. The van der Waals surface area contributed by atoms with E-state index < -0.39 is 11.9 Å². The van der Waals surface area contributed by atoms with E-state index in [1.54, 1.807) is 12.1 Å². The number of nitrogens with two attached hydrogens (primary N) is 1. The largest absolute Gasteiger partial charge is 0.506 e. The third kappa shape index (κ3) is 5.77. The van der Waals surface area contributed by atoms with Crippen molar-refractivity contribution in [2.24, 2.45) is 0 Å². The van der Waals surface area contributed by atoms with Gasteiger partial charge in [0.2, 0.25) is 0 Å². The number of aryl methyl sites for hydroxylation is 2. The Balaban J connectivity index is 0.00000151. The minimum Gasteiger partial charge on any atom is -0.506 e. The Hall–Kier alpha value is -1.49. The molecule has 1 unspecified atom stereocenters. The zero-order valence-corrected chi connectivity index (χ0v) is 16.1. The molecule has 2 aromatic carbocycles. The number of benzene rings is 2. The first-order chi connectivity index (χ1) is 11.8. The lowest BCUT2D eigenvalue weighted by molar-refractivity contribution is 0.160. The van der Waals surface area contributed by atoms with E-state index in [-0.39, 0.29) is 22.0 Å². The molecule has 0 aromatic heterocycles. The molecule has 3 nitrogen and oxygen atoms in total. The van der Waals surface area contributed by atoms with Gasteiger partial charge in [0.05, 0.1) is 21.8 Å². The van der Waals surface area contributed by atoms with Crippen molar-refractivity contribution in [1.29, 1.82) is 0 Å². The molecule has 0 heterocycles. The van der Waals surface area contributed by atoms with Crippen molar-refractivity contribution in [2.45, 2.75) is 46.1 Å². The van der Waals surface area contributed by atoms with Crippen LogP contribution in [0.25, 0.3) is 0 Å². The maximum atomic E-state index is 13.8. The van der Waals surface area contributed by atoms with Gasteiger partial charge in [0, 0.05) is 5.56 Å². The van der Waals surface area contributed by atoms with Gasteiger partial charge < -0.3 is 15.9 Å². The molecule has 0 aliphatic heterocycles. The van der Waals surface area contributed by atoms with Gasteiger partial charge in [-0.2, -0.15) is 0 Å². The predicted molar refractivity (Wildman–Crippen MR) is 103 cm³/mol. The molecule has 138 valence electrons. The van der Waals surface area contributed by atoms with Crippen molar-refractivity contribution in [3.8, 4) is 5.75 Å². The molecule has 2 rings (SSSR count). The summed E-state index contributed by atoms with van der Waals surface area (Å²) in [4.78, 5) is 0. The average Bonchev–Trinajstić information content (AvgIpc) is 2.57. The van der Waals surface area contributed by atoms with E-state index in [1.165, 1.54) is 6.07 Å². The van der Waals surface area contributed by atoms with E-state index in [4.69, 9.17) is 28.9 Å². The number of halogens is 3. The van der Waals surface area contributed by atoms with Crippen molar-refractivity contribution in [2.75, 3.05) is 5.73 Å². The number of hydrogen-bond acceptors (Lipinski definition) is 3. The van der Waals surface area contributed by atoms with Crippen LogP contribution in [0, 0.1) is 12.7 Å². The molecule has 0 bridgehead atoms. The molecule has 0 spiro atoms. The molecule has 0 saturated carbocycles. The van der Waals surface area contributed by atoms with Crippen LogP contribution in [0.5, 0.6) is 5.75 Å². The van der Waals surface area contributed by atoms with Gasteiger partial charge in [-0.05, 0) is 61.6 Å². The Morgan fingerprint density at radius 3 is 2.40 bits per heavy atom. The molecule has 6 heteroatoms. The van der Waals surface area contributed by atoms with Crippen molar-refractivity contribution in [3.63, 3.8) is 0 Å². The van der Waals surface area contributed by atoms with Crippen LogP contribution >= 0.6 is 23.2 Å². The summed E-state index contributed by atoms with van der Waals surface area (Å²) in [5.74, 6) is -0.540. The second-order valence-electron chi connectivity index (χ2n) is 5.53. The summed E-state index contributed by atoms with van der Waals surface area (Å²) in [6.45, 7) is 5.90. The Morgan fingerprint density at radius 2 is 1.76 bits per heavy atom. The lowest BCUT2D eigenvalue weighted by Crippen LogP contribution is -2.03. The second-order valence-corrected chi connectivity index (χ2v) is 6.35. The van der Waals surface area contributed by atoms with E-state index in [0.717, 1.165) is 17.2 Å². The van der Waals surface area contributed by atoms with Crippen LogP contribution in [0.15, 0.2) is 24.3 Å². The molecular weight excluding hydrogens is 364 g/mol. The molecule has 0 aliphatic rings. The molecule has 0 fully saturated rings. The van der Waals surface area contributed by atoms with Crippen molar-refractivity contribution in [1.82, 2.24) is 0 Å². The summed E-state index contributed by atoms with van der Waals surface area (Å²) in [7, 11) is 0. The molecule has 0 saturated heterocycles. The smallest absolute Gasteiger partial charge is 0.134 e. The van der Waals surface area contributed by atoms with Crippen LogP contribution in [0.4, 0.5) is 10.1 Å². The van der Waals surface area contributed by atoms with Crippen LogP contribution in [-0.2, 0) is 6.42 Å². The number of phenols is 1. The fraction of sp³-hybridized carbons (Fsp3) is 0.368. The van der Waals surface area contributed by atoms with E-state index >= 15 is 0 Å². The summed E-state index contributed by atoms with van der Waals surface area (Å²) in [6.07, 6.45) is 0.653. The molecule has 0 amide bonds. The van der Waals surface area contributed by atoms with Gasteiger partial charge in [0.1, 0.15) is 11.6 Å². The maximum Gasteiger partial charge on any atom is 0.134 e. The minimum atomic E-state index is -0.962. The highest BCUT2D eigenvalue weighted by molar-refractivity contribution is 6.33. The van der Waals surface area contributed by atoms with Gasteiger partial charge in [-0.3, -0.25) is 0 Å². The fourth-order valence-electron chi connectivity index (χ4n) is 2.45. The summed E-state index contributed by atoms with van der Waals surface area (Å²) < 4.78 is 13.8. The molecular formula is C19H24Cl2FNO2. The summed E-state index contributed by atoms with van der Waals surface area (Å²) in [5.41, 5.74) is 7.93. The molecule has 2 aromatic rings. The van der Waals surface area contributed by atoms with Gasteiger partial charge in [-0.1, -0.05) is 37.0 Å². The second kappa shape index (κ2) is 9.85. The summed E-state index contributed by atoms with van der Waals surface area (Å²) in [5, 5.41) is 20.2. The first kappa shape index (κ1) is 21.6. The third-order valence-electron chi connectivity index (χ3n) is 3.80. The van der Waals surface area contributed by atoms with E-state index in [0.29, 0.717) is 24.3 Å². The van der Waals surface area contributed by atoms with E-state index in [1.807, 2.05) is 20.8 Å². The lowest BCUT2D eigenvalue weighted by Gasteiger charge is -2.14. The van der Waals surface area contributed by atoms with E-state index in [2.05, 4.69) is 0 Å². The highest BCUT2D eigenvalue weighted by Crippen LogP contribution is 2.30. The Labute approximate surface area is 158 Å². The van der Waals surface area contributed by atoms with Crippen molar-refractivity contribution < 1.29 is 14.6 Å². The van der Waals surface area contributed by atoms with Crippen LogP contribution in [0.1, 0.15) is 49.5 Å². The quantitative estimate of drug-likeness (QED) is 0.566. The summed E-state index contributed by atoms with van der Waals surface area (Å²) >= 11 is 11.6. The topological polar surface area (TPSA) is 66.5 Å². The zero-order chi connectivity index (χ0) is 19.1. The van der Waals surface area contributed by atoms with Crippen molar-refractivity contribution >= 4 is 28.9 Å². The number of nitrogen functional groups attached to an aromatic ring is 1. The average molecular weight is 388 g/mol. The first-order valence-electron chi connectivity index (χ1n) is 8.20. The van der Waals surface area contributed by atoms with Gasteiger partial charge in [-0.15, -0.1) is 0 Å². The molecule has 0 radical (unpaired) electrons. The highest BCUT2D eigenvalue weighted by atomic mass is 35.5. The van der Waals surface area contributed by atoms with Gasteiger partial charge in [0.25, 0.3) is 0 Å².